The first kappa shape index (κ1) is 10.9. The summed E-state index contributed by atoms with van der Waals surface area (Å²) in [6.07, 6.45) is 0. The van der Waals surface area contributed by atoms with Crippen molar-refractivity contribution in [1.29, 1.82) is 0 Å². The molecule has 81 valence electrons. The third kappa shape index (κ3) is 2.33. The molecule has 1 radical (unpaired) electrons. The zero-order chi connectivity index (χ0) is 11.5. The highest BCUT2D eigenvalue weighted by Crippen LogP contribution is 2.23. The molecule has 0 aliphatic rings. The van der Waals surface area contributed by atoms with Crippen LogP contribution < -0.4 is 0 Å². The molecule has 0 saturated carbocycles. The minimum absolute atomic E-state index is 1.30. The summed E-state index contributed by atoms with van der Waals surface area (Å²) >= 11 is 0. The van der Waals surface area contributed by atoms with Crippen LogP contribution in [0.2, 0.25) is 0 Å². The lowest BCUT2D eigenvalue weighted by atomic mass is 9.92. The summed E-state index contributed by atoms with van der Waals surface area (Å²) in [4.78, 5) is 0. The zero-order valence-electron chi connectivity index (χ0n) is 10.1. The van der Waals surface area contributed by atoms with Crippen LogP contribution in [-0.2, 0) is 0 Å². The van der Waals surface area contributed by atoms with Crippen molar-refractivity contribution in [3.05, 3.63) is 76.7 Å². The Balaban J connectivity index is 2.28. The molecule has 0 fully saturated rings. The van der Waals surface area contributed by atoms with E-state index in [2.05, 4.69) is 69.3 Å². The average Bonchev–Trinajstić information content (AvgIpc) is 2.30. The van der Waals surface area contributed by atoms with Crippen molar-refractivity contribution in [3.8, 4) is 0 Å². The molecule has 2 aromatic carbocycles. The molecule has 2 rings (SSSR count). The van der Waals surface area contributed by atoms with Gasteiger partial charge in [0, 0.05) is 5.92 Å². The first-order chi connectivity index (χ1) is 7.66. The van der Waals surface area contributed by atoms with Crippen LogP contribution in [0.4, 0.5) is 0 Å². The van der Waals surface area contributed by atoms with Gasteiger partial charge in [0.1, 0.15) is 0 Å². The maximum absolute atomic E-state index is 2.19. The molecule has 0 aromatic heterocycles. The highest BCUT2D eigenvalue weighted by Gasteiger charge is 2.08. The van der Waals surface area contributed by atoms with E-state index in [4.69, 9.17) is 0 Å². The molecule has 0 saturated heterocycles. The molecular formula is C16H17. The normalized spacial score (nSPS) is 10.8. The van der Waals surface area contributed by atoms with Gasteiger partial charge >= 0.3 is 0 Å². The molecule has 0 aliphatic heterocycles. The Morgan fingerprint density at radius 1 is 0.625 bits per heavy atom. The van der Waals surface area contributed by atoms with Gasteiger partial charge in [0.05, 0.1) is 0 Å². The van der Waals surface area contributed by atoms with Crippen LogP contribution in [0.1, 0.15) is 29.2 Å². The van der Waals surface area contributed by atoms with Crippen LogP contribution in [0.5, 0.6) is 0 Å². The first-order valence-electron chi connectivity index (χ1n) is 5.64. The molecule has 0 aliphatic carbocycles. The molecular weight excluding hydrogens is 192 g/mol. The van der Waals surface area contributed by atoms with Crippen molar-refractivity contribution in [2.24, 2.45) is 0 Å². The predicted molar refractivity (Wildman–Crippen MR) is 69.5 cm³/mol. The Kier molecular flexibility index (Phi) is 3.09. The summed E-state index contributed by atoms with van der Waals surface area (Å²) in [5.74, 6) is 1.33. The number of rotatable bonds is 2. The molecule has 0 heterocycles. The van der Waals surface area contributed by atoms with Crippen LogP contribution in [-0.4, -0.2) is 0 Å². The molecule has 0 bridgehead atoms. The van der Waals surface area contributed by atoms with Crippen molar-refractivity contribution in [2.45, 2.75) is 20.8 Å². The quantitative estimate of drug-likeness (QED) is 0.692. The van der Waals surface area contributed by atoms with E-state index < -0.39 is 0 Å². The van der Waals surface area contributed by atoms with E-state index in [-0.39, 0.29) is 0 Å². The summed E-state index contributed by atoms with van der Waals surface area (Å²) in [6.45, 7) is 6.41. The van der Waals surface area contributed by atoms with Gasteiger partial charge in [0.2, 0.25) is 0 Å². The molecule has 0 unspecified atom stereocenters. The summed E-state index contributed by atoms with van der Waals surface area (Å²) in [6, 6.07) is 17.4. The SMILES string of the molecule is C[C](c1ccc(C)cc1)c1ccc(C)cc1. The van der Waals surface area contributed by atoms with E-state index in [9.17, 15) is 0 Å². The van der Waals surface area contributed by atoms with Crippen molar-refractivity contribution in [1.82, 2.24) is 0 Å². The summed E-state index contributed by atoms with van der Waals surface area (Å²) in [5.41, 5.74) is 5.21. The Hall–Kier alpha value is -1.56. The minimum Gasteiger partial charge on any atom is -0.0590 e. The van der Waals surface area contributed by atoms with Gasteiger partial charge in [0.15, 0.2) is 0 Å². The number of aryl methyl sites for hydroxylation is 2. The highest BCUT2D eigenvalue weighted by atomic mass is 14.1. The van der Waals surface area contributed by atoms with Crippen LogP contribution in [0, 0.1) is 19.8 Å². The topological polar surface area (TPSA) is 0 Å². The van der Waals surface area contributed by atoms with Crippen LogP contribution in [0.15, 0.2) is 48.5 Å². The summed E-state index contributed by atoms with van der Waals surface area (Å²) < 4.78 is 0. The molecule has 0 heteroatoms. The van der Waals surface area contributed by atoms with Gasteiger partial charge in [-0.1, -0.05) is 66.6 Å². The fraction of sp³-hybridized carbons (Fsp3) is 0.188. The second-order valence-electron chi connectivity index (χ2n) is 4.36. The smallest absolute Gasteiger partial charge is 0.0309 e. The minimum atomic E-state index is 1.30. The lowest BCUT2D eigenvalue weighted by molar-refractivity contribution is 1.18. The summed E-state index contributed by atoms with van der Waals surface area (Å²) in [5, 5.41) is 0. The molecule has 0 amide bonds. The van der Waals surface area contributed by atoms with E-state index in [1.54, 1.807) is 0 Å². The molecule has 0 N–H and O–H groups in total. The van der Waals surface area contributed by atoms with Crippen molar-refractivity contribution in [3.63, 3.8) is 0 Å². The van der Waals surface area contributed by atoms with E-state index in [0.29, 0.717) is 0 Å². The van der Waals surface area contributed by atoms with E-state index in [1.165, 1.54) is 28.2 Å². The fourth-order valence-electron chi connectivity index (χ4n) is 1.77. The van der Waals surface area contributed by atoms with Crippen molar-refractivity contribution >= 4 is 0 Å². The fourth-order valence-corrected chi connectivity index (χ4v) is 1.77. The Labute approximate surface area is 97.9 Å². The van der Waals surface area contributed by atoms with Crippen molar-refractivity contribution in [2.75, 3.05) is 0 Å². The van der Waals surface area contributed by atoms with Gasteiger partial charge < -0.3 is 0 Å². The second-order valence-corrected chi connectivity index (χ2v) is 4.36. The summed E-state index contributed by atoms with van der Waals surface area (Å²) in [7, 11) is 0. The number of hydrogen-bond acceptors (Lipinski definition) is 0. The molecule has 0 nitrogen and oxygen atoms in total. The average molecular weight is 209 g/mol. The van der Waals surface area contributed by atoms with Gasteiger partial charge in [-0.05, 0) is 25.0 Å². The maximum atomic E-state index is 2.19. The third-order valence-corrected chi connectivity index (χ3v) is 2.97. The molecule has 0 spiro atoms. The monoisotopic (exact) mass is 209 g/mol. The lowest BCUT2D eigenvalue weighted by Gasteiger charge is -2.12. The molecule has 2 aromatic rings. The van der Waals surface area contributed by atoms with Gasteiger partial charge in [-0.3, -0.25) is 0 Å². The lowest BCUT2D eigenvalue weighted by Crippen LogP contribution is -1.96. The second kappa shape index (κ2) is 4.52. The van der Waals surface area contributed by atoms with Gasteiger partial charge in [-0.2, -0.15) is 0 Å². The zero-order valence-corrected chi connectivity index (χ0v) is 10.1. The Morgan fingerprint density at radius 2 is 0.938 bits per heavy atom. The number of hydrogen-bond donors (Lipinski definition) is 0. The van der Waals surface area contributed by atoms with E-state index in [1.807, 2.05) is 0 Å². The van der Waals surface area contributed by atoms with E-state index >= 15 is 0 Å². The van der Waals surface area contributed by atoms with Gasteiger partial charge in [0.25, 0.3) is 0 Å². The molecule has 16 heavy (non-hydrogen) atoms. The Morgan fingerprint density at radius 3 is 1.25 bits per heavy atom. The largest absolute Gasteiger partial charge is 0.0590 e. The maximum Gasteiger partial charge on any atom is 0.0309 e. The number of benzene rings is 2. The first-order valence-corrected chi connectivity index (χ1v) is 5.64. The molecule has 0 atom stereocenters. The van der Waals surface area contributed by atoms with Crippen LogP contribution >= 0.6 is 0 Å². The van der Waals surface area contributed by atoms with Gasteiger partial charge in [-0.15, -0.1) is 0 Å². The predicted octanol–water partition coefficient (Wildman–Crippen LogP) is 4.29. The van der Waals surface area contributed by atoms with Crippen LogP contribution in [0.25, 0.3) is 0 Å². The van der Waals surface area contributed by atoms with Gasteiger partial charge in [-0.25, -0.2) is 0 Å². The highest BCUT2D eigenvalue weighted by molar-refractivity contribution is 5.45. The van der Waals surface area contributed by atoms with Crippen molar-refractivity contribution < 1.29 is 0 Å². The van der Waals surface area contributed by atoms with E-state index in [0.717, 1.165) is 0 Å². The third-order valence-electron chi connectivity index (χ3n) is 2.97. The van der Waals surface area contributed by atoms with Crippen LogP contribution in [0.3, 0.4) is 0 Å². The Bertz CT molecular complexity index is 403. The standard InChI is InChI=1S/C16H17/c1-12-4-8-15(9-5-12)14(3)16-10-6-13(2)7-11-16/h4-11H,1-3H3.